The summed E-state index contributed by atoms with van der Waals surface area (Å²) >= 11 is 6.34. The van der Waals surface area contributed by atoms with Gasteiger partial charge < -0.3 is 9.47 Å². The number of hydrogen-bond donors (Lipinski definition) is 0. The fourth-order valence-corrected chi connectivity index (χ4v) is 3.93. The third-order valence-electron chi connectivity index (χ3n) is 5.30. The first kappa shape index (κ1) is 22.4. The van der Waals surface area contributed by atoms with E-state index < -0.39 is 5.97 Å². The summed E-state index contributed by atoms with van der Waals surface area (Å²) in [6, 6.07) is 24.2. The quantitative estimate of drug-likeness (QED) is 0.345. The molecule has 1 aliphatic heterocycles. The minimum atomic E-state index is -0.585. The molecule has 166 valence electrons. The number of methoxy groups -OCH3 is 1. The number of allylic oxidation sites excluding steroid dienone is 1. The summed E-state index contributed by atoms with van der Waals surface area (Å²) in [4.78, 5) is 27.5. The number of hydrogen-bond acceptors (Lipinski definition) is 4. The van der Waals surface area contributed by atoms with Gasteiger partial charge in [0.05, 0.1) is 29.0 Å². The molecule has 0 spiro atoms. The topological polar surface area (TPSA) is 55.8 Å². The lowest BCUT2D eigenvalue weighted by molar-refractivity contribution is -0.136. The second-order valence-electron chi connectivity index (χ2n) is 7.45. The van der Waals surface area contributed by atoms with Gasteiger partial charge in [0.1, 0.15) is 12.4 Å². The number of amides is 1. The van der Waals surface area contributed by atoms with Crippen LogP contribution < -0.4 is 9.64 Å². The molecule has 0 saturated carbocycles. The summed E-state index contributed by atoms with van der Waals surface area (Å²) in [5.74, 6) is -0.281. The Morgan fingerprint density at radius 1 is 1.00 bits per heavy atom. The number of rotatable bonds is 6. The molecule has 0 aliphatic carbocycles. The van der Waals surface area contributed by atoms with E-state index in [1.165, 1.54) is 12.0 Å². The van der Waals surface area contributed by atoms with Crippen LogP contribution in [-0.2, 0) is 20.9 Å². The largest absolute Gasteiger partial charge is 0.489 e. The van der Waals surface area contributed by atoms with E-state index in [1.54, 1.807) is 37.3 Å². The summed E-state index contributed by atoms with van der Waals surface area (Å²) in [5, 5.41) is 0.409. The smallest absolute Gasteiger partial charge is 0.340 e. The van der Waals surface area contributed by atoms with Crippen LogP contribution in [0.5, 0.6) is 5.75 Å². The Bertz CT molecular complexity index is 1260. The summed E-state index contributed by atoms with van der Waals surface area (Å²) < 4.78 is 10.9. The van der Waals surface area contributed by atoms with Gasteiger partial charge in [-0.1, -0.05) is 66.2 Å². The van der Waals surface area contributed by atoms with Gasteiger partial charge in [0.2, 0.25) is 0 Å². The van der Waals surface area contributed by atoms with Gasteiger partial charge >= 0.3 is 5.97 Å². The molecule has 33 heavy (non-hydrogen) atoms. The molecule has 1 aliphatic rings. The van der Waals surface area contributed by atoms with E-state index in [9.17, 15) is 9.59 Å². The van der Waals surface area contributed by atoms with Crippen LogP contribution in [0, 0.1) is 0 Å². The Balaban J connectivity index is 1.68. The molecule has 3 aromatic rings. The zero-order valence-electron chi connectivity index (χ0n) is 18.2. The van der Waals surface area contributed by atoms with E-state index in [4.69, 9.17) is 21.1 Å². The Hall–Kier alpha value is -3.83. The fourth-order valence-electron chi connectivity index (χ4n) is 3.70. The lowest BCUT2D eigenvalue weighted by Gasteiger charge is -2.19. The molecule has 0 unspecified atom stereocenters. The molecule has 3 aromatic carbocycles. The van der Waals surface area contributed by atoms with Crippen LogP contribution in [-0.4, -0.2) is 19.0 Å². The molecule has 1 amide bonds. The average Bonchev–Trinajstić information content (AvgIpc) is 3.07. The Morgan fingerprint density at radius 3 is 2.45 bits per heavy atom. The van der Waals surface area contributed by atoms with Crippen LogP contribution in [0.4, 0.5) is 5.69 Å². The van der Waals surface area contributed by atoms with Crippen molar-refractivity contribution in [1.29, 1.82) is 0 Å². The van der Waals surface area contributed by atoms with Crippen molar-refractivity contribution in [1.82, 2.24) is 0 Å². The van der Waals surface area contributed by atoms with Crippen molar-refractivity contribution in [2.24, 2.45) is 0 Å². The van der Waals surface area contributed by atoms with E-state index in [0.29, 0.717) is 28.8 Å². The van der Waals surface area contributed by atoms with Crippen molar-refractivity contribution in [3.8, 4) is 5.75 Å². The number of para-hydroxylation sites is 1. The number of carbonyl (C=O) groups is 2. The molecular weight excluding hydrogens is 438 g/mol. The summed E-state index contributed by atoms with van der Waals surface area (Å²) in [7, 11) is 1.29. The van der Waals surface area contributed by atoms with E-state index in [0.717, 1.165) is 11.1 Å². The highest BCUT2D eigenvalue weighted by atomic mass is 35.5. The van der Waals surface area contributed by atoms with E-state index in [2.05, 4.69) is 0 Å². The van der Waals surface area contributed by atoms with Crippen LogP contribution in [0.15, 0.2) is 95.7 Å². The zero-order valence-corrected chi connectivity index (χ0v) is 19.0. The highest BCUT2D eigenvalue weighted by Gasteiger charge is 2.38. The molecule has 0 fully saturated rings. The number of benzene rings is 3. The van der Waals surface area contributed by atoms with Crippen molar-refractivity contribution < 1.29 is 19.1 Å². The SMILES string of the molecule is COC(=O)C1=C(C)N(c2ccccc2Cl)C(=O)/C1=C\c1cccc(OCc2ccccc2)c1. The lowest BCUT2D eigenvalue weighted by atomic mass is 10.0. The van der Waals surface area contributed by atoms with Crippen molar-refractivity contribution in [3.63, 3.8) is 0 Å². The summed E-state index contributed by atoms with van der Waals surface area (Å²) in [6.07, 6.45) is 1.67. The van der Waals surface area contributed by atoms with Crippen molar-refractivity contribution in [2.45, 2.75) is 13.5 Å². The van der Waals surface area contributed by atoms with Crippen LogP contribution in [0.2, 0.25) is 5.02 Å². The second kappa shape index (κ2) is 9.76. The third-order valence-corrected chi connectivity index (χ3v) is 5.62. The minimum Gasteiger partial charge on any atom is -0.489 e. The molecular formula is C27H22ClNO4. The van der Waals surface area contributed by atoms with Gasteiger partial charge in [-0.2, -0.15) is 0 Å². The Morgan fingerprint density at radius 2 is 1.73 bits per heavy atom. The predicted molar refractivity (Wildman–Crippen MR) is 129 cm³/mol. The first-order valence-corrected chi connectivity index (χ1v) is 10.7. The molecule has 0 atom stereocenters. The standard InChI is InChI=1S/C27H22ClNO4/c1-18-25(27(31)32-2)22(26(30)29(18)24-14-7-6-13-23(24)28)16-20-11-8-12-21(15-20)33-17-19-9-4-3-5-10-19/h3-16H,17H2,1-2H3/b22-16-. The first-order valence-electron chi connectivity index (χ1n) is 10.4. The maximum absolute atomic E-state index is 13.4. The highest BCUT2D eigenvalue weighted by molar-refractivity contribution is 6.35. The van der Waals surface area contributed by atoms with Crippen LogP contribution >= 0.6 is 11.6 Å². The van der Waals surface area contributed by atoms with Gasteiger partial charge in [-0.15, -0.1) is 0 Å². The fraction of sp³-hybridized carbons (Fsp3) is 0.111. The predicted octanol–water partition coefficient (Wildman–Crippen LogP) is 5.80. The summed E-state index contributed by atoms with van der Waals surface area (Å²) in [5.41, 5.74) is 3.18. The second-order valence-corrected chi connectivity index (χ2v) is 7.86. The first-order chi connectivity index (χ1) is 16.0. The van der Waals surface area contributed by atoms with Crippen molar-refractivity contribution >= 4 is 35.2 Å². The Kier molecular flexibility index (Phi) is 6.61. The van der Waals surface area contributed by atoms with Gasteiger partial charge in [-0.3, -0.25) is 9.69 Å². The number of ether oxygens (including phenoxy) is 2. The molecule has 0 saturated heterocycles. The lowest BCUT2D eigenvalue weighted by Crippen LogP contribution is -2.24. The maximum Gasteiger partial charge on any atom is 0.340 e. The number of anilines is 1. The van der Waals surface area contributed by atoms with E-state index in [-0.39, 0.29) is 17.1 Å². The van der Waals surface area contributed by atoms with Gasteiger partial charge in [-0.05, 0) is 48.4 Å². The van der Waals surface area contributed by atoms with Crippen molar-refractivity contribution in [2.75, 3.05) is 12.0 Å². The summed E-state index contributed by atoms with van der Waals surface area (Å²) in [6.45, 7) is 2.13. The molecule has 0 radical (unpaired) electrons. The maximum atomic E-state index is 13.4. The van der Waals surface area contributed by atoms with E-state index in [1.807, 2.05) is 54.6 Å². The third kappa shape index (κ3) is 4.69. The van der Waals surface area contributed by atoms with Gasteiger partial charge in [-0.25, -0.2) is 4.79 Å². The zero-order chi connectivity index (χ0) is 23.4. The van der Waals surface area contributed by atoms with E-state index >= 15 is 0 Å². The normalized spacial score (nSPS) is 14.7. The van der Waals surface area contributed by atoms with Crippen molar-refractivity contribution in [3.05, 3.63) is 112 Å². The number of esters is 1. The van der Waals surface area contributed by atoms with Crippen LogP contribution in [0.3, 0.4) is 0 Å². The Labute approximate surface area is 197 Å². The molecule has 0 bridgehead atoms. The number of halogens is 1. The molecule has 0 aromatic heterocycles. The minimum absolute atomic E-state index is 0.207. The average molecular weight is 460 g/mol. The van der Waals surface area contributed by atoms with Gasteiger partial charge in [0.15, 0.2) is 0 Å². The van der Waals surface area contributed by atoms with Crippen LogP contribution in [0.1, 0.15) is 18.1 Å². The number of nitrogens with zero attached hydrogens (tertiary/aromatic N) is 1. The molecule has 1 heterocycles. The highest BCUT2D eigenvalue weighted by Crippen LogP contribution is 2.38. The molecule has 4 rings (SSSR count). The van der Waals surface area contributed by atoms with Gasteiger partial charge in [0, 0.05) is 5.70 Å². The monoisotopic (exact) mass is 459 g/mol. The molecule has 5 nitrogen and oxygen atoms in total. The molecule has 6 heteroatoms. The number of carbonyl (C=O) groups excluding carboxylic acids is 2. The van der Waals surface area contributed by atoms with Gasteiger partial charge in [0.25, 0.3) is 5.91 Å². The van der Waals surface area contributed by atoms with Crippen LogP contribution in [0.25, 0.3) is 6.08 Å². The molecule has 0 N–H and O–H groups in total.